The molecule has 0 aliphatic carbocycles. The summed E-state index contributed by atoms with van der Waals surface area (Å²) in [6.07, 6.45) is 3.00. The van der Waals surface area contributed by atoms with Gasteiger partial charge in [0.05, 0.1) is 18.1 Å². The minimum absolute atomic E-state index is 0.00661. The van der Waals surface area contributed by atoms with Crippen molar-refractivity contribution in [3.8, 4) is 0 Å². The Labute approximate surface area is 112 Å². The molecule has 3 rings (SSSR count). The molecule has 0 bridgehead atoms. The molecule has 1 unspecified atom stereocenters. The number of hydrogen-bond donors (Lipinski definition) is 1. The van der Waals surface area contributed by atoms with Gasteiger partial charge in [-0.3, -0.25) is 0 Å². The van der Waals surface area contributed by atoms with Crippen molar-refractivity contribution in [3.05, 3.63) is 5.89 Å². The first-order valence-corrected chi connectivity index (χ1v) is 8.46. The monoisotopic (exact) mass is 286 g/mol. The average molecular weight is 286 g/mol. The largest absolute Gasteiger partial charge is 0.338 e. The number of anilines is 1. The standard InChI is InChI=1S/C11H18N4O3S/c16-19(17)6-3-9(8-19)12-7-10-13-11(14-18-10)15-4-1-2-5-15/h9,12H,1-8H2. The maximum absolute atomic E-state index is 11.3. The van der Waals surface area contributed by atoms with Gasteiger partial charge in [0.15, 0.2) is 9.84 Å². The number of rotatable bonds is 4. The van der Waals surface area contributed by atoms with Gasteiger partial charge in [-0.2, -0.15) is 4.98 Å². The Kier molecular flexibility index (Phi) is 3.44. The molecular formula is C11H18N4O3S. The van der Waals surface area contributed by atoms with E-state index in [1.54, 1.807) is 0 Å². The Morgan fingerprint density at radius 3 is 2.84 bits per heavy atom. The zero-order chi connectivity index (χ0) is 13.3. The zero-order valence-corrected chi connectivity index (χ0v) is 11.5. The van der Waals surface area contributed by atoms with E-state index in [0.717, 1.165) is 13.1 Å². The highest BCUT2D eigenvalue weighted by atomic mass is 32.2. The topological polar surface area (TPSA) is 88.3 Å². The van der Waals surface area contributed by atoms with Crippen molar-refractivity contribution in [2.24, 2.45) is 0 Å². The number of hydrogen-bond acceptors (Lipinski definition) is 7. The van der Waals surface area contributed by atoms with Crippen LogP contribution in [-0.4, -0.2) is 49.2 Å². The molecule has 0 spiro atoms. The van der Waals surface area contributed by atoms with Gasteiger partial charge in [-0.25, -0.2) is 8.42 Å². The van der Waals surface area contributed by atoms with Gasteiger partial charge in [0.25, 0.3) is 5.95 Å². The number of nitrogens with zero attached hydrogens (tertiary/aromatic N) is 3. The molecule has 7 nitrogen and oxygen atoms in total. The molecule has 1 aromatic rings. The second-order valence-corrected chi connectivity index (χ2v) is 7.39. The minimum atomic E-state index is -2.85. The van der Waals surface area contributed by atoms with Crippen LogP contribution in [0.1, 0.15) is 25.2 Å². The van der Waals surface area contributed by atoms with Gasteiger partial charge in [-0.05, 0) is 24.4 Å². The summed E-state index contributed by atoms with van der Waals surface area (Å²) in [6.45, 7) is 2.39. The van der Waals surface area contributed by atoms with Crippen LogP contribution < -0.4 is 10.2 Å². The van der Waals surface area contributed by atoms with E-state index in [-0.39, 0.29) is 17.5 Å². The second kappa shape index (κ2) is 5.09. The molecule has 1 atom stereocenters. The highest BCUT2D eigenvalue weighted by Gasteiger charge is 2.27. The van der Waals surface area contributed by atoms with Crippen LogP contribution in [0.15, 0.2) is 4.52 Å². The molecule has 8 heteroatoms. The van der Waals surface area contributed by atoms with Crippen LogP contribution in [-0.2, 0) is 16.4 Å². The zero-order valence-electron chi connectivity index (χ0n) is 10.7. The van der Waals surface area contributed by atoms with E-state index in [2.05, 4.69) is 20.4 Å². The summed E-state index contributed by atoms with van der Waals surface area (Å²) >= 11 is 0. The van der Waals surface area contributed by atoms with Crippen molar-refractivity contribution in [1.82, 2.24) is 15.5 Å². The molecule has 0 radical (unpaired) electrons. The number of sulfone groups is 1. The Balaban J connectivity index is 1.53. The van der Waals surface area contributed by atoms with E-state index in [1.165, 1.54) is 12.8 Å². The Hall–Kier alpha value is -1.15. The molecule has 2 aliphatic heterocycles. The summed E-state index contributed by atoms with van der Waals surface area (Å²) in [4.78, 5) is 6.43. The van der Waals surface area contributed by atoms with E-state index < -0.39 is 9.84 Å². The van der Waals surface area contributed by atoms with Crippen molar-refractivity contribution in [2.75, 3.05) is 29.5 Å². The smallest absolute Gasteiger partial charge is 0.266 e. The van der Waals surface area contributed by atoms with Gasteiger partial charge in [-0.1, -0.05) is 0 Å². The summed E-state index contributed by atoms with van der Waals surface area (Å²) in [5.41, 5.74) is 0. The summed E-state index contributed by atoms with van der Waals surface area (Å²) in [5.74, 6) is 1.65. The molecule has 3 heterocycles. The van der Waals surface area contributed by atoms with Gasteiger partial charge in [0.1, 0.15) is 0 Å². The first kappa shape index (κ1) is 12.9. The fourth-order valence-electron chi connectivity index (χ4n) is 2.55. The van der Waals surface area contributed by atoms with Crippen LogP contribution in [0.25, 0.3) is 0 Å². The van der Waals surface area contributed by atoms with E-state index in [1.807, 2.05) is 0 Å². The second-order valence-electron chi connectivity index (χ2n) is 5.16. The van der Waals surface area contributed by atoms with Crippen molar-refractivity contribution in [2.45, 2.75) is 31.8 Å². The van der Waals surface area contributed by atoms with Crippen molar-refractivity contribution in [1.29, 1.82) is 0 Å². The summed E-state index contributed by atoms with van der Waals surface area (Å²) in [6, 6.07) is 0.00661. The third kappa shape index (κ3) is 3.06. The minimum Gasteiger partial charge on any atom is -0.338 e. The van der Waals surface area contributed by atoms with Crippen LogP contribution in [0.3, 0.4) is 0 Å². The highest BCUT2D eigenvalue weighted by Crippen LogP contribution is 2.16. The maximum atomic E-state index is 11.3. The Bertz CT molecular complexity index is 536. The molecular weight excluding hydrogens is 268 g/mol. The van der Waals surface area contributed by atoms with E-state index in [0.29, 0.717) is 24.8 Å². The normalized spacial score (nSPS) is 26.1. The maximum Gasteiger partial charge on any atom is 0.266 e. The van der Waals surface area contributed by atoms with E-state index >= 15 is 0 Å². The molecule has 106 valence electrons. The van der Waals surface area contributed by atoms with E-state index in [4.69, 9.17) is 4.52 Å². The molecule has 0 aromatic carbocycles. The summed E-state index contributed by atoms with van der Waals surface area (Å²) in [7, 11) is -2.85. The van der Waals surface area contributed by atoms with Crippen LogP contribution in [0.2, 0.25) is 0 Å². The lowest BCUT2D eigenvalue weighted by atomic mass is 10.3. The van der Waals surface area contributed by atoms with Crippen LogP contribution in [0, 0.1) is 0 Å². The average Bonchev–Trinajstić information content (AvgIpc) is 3.04. The van der Waals surface area contributed by atoms with Crippen molar-refractivity contribution >= 4 is 15.8 Å². The Morgan fingerprint density at radius 1 is 1.37 bits per heavy atom. The first-order chi connectivity index (χ1) is 9.12. The third-order valence-corrected chi connectivity index (χ3v) is 5.39. The van der Waals surface area contributed by atoms with Gasteiger partial charge >= 0.3 is 0 Å². The van der Waals surface area contributed by atoms with Crippen molar-refractivity contribution in [3.63, 3.8) is 0 Å². The van der Waals surface area contributed by atoms with Crippen LogP contribution in [0.5, 0.6) is 0 Å². The van der Waals surface area contributed by atoms with E-state index in [9.17, 15) is 8.42 Å². The van der Waals surface area contributed by atoms with Crippen LogP contribution in [0.4, 0.5) is 5.95 Å². The lowest BCUT2D eigenvalue weighted by Crippen LogP contribution is -2.29. The van der Waals surface area contributed by atoms with Gasteiger partial charge in [-0.15, -0.1) is 0 Å². The molecule has 2 fully saturated rings. The van der Waals surface area contributed by atoms with Crippen LogP contribution >= 0.6 is 0 Å². The highest BCUT2D eigenvalue weighted by molar-refractivity contribution is 7.91. The predicted octanol–water partition coefficient (Wildman–Crippen LogP) is -0.0535. The number of nitrogens with one attached hydrogen (secondary N) is 1. The van der Waals surface area contributed by atoms with Gasteiger partial charge in [0, 0.05) is 19.1 Å². The third-order valence-electron chi connectivity index (χ3n) is 3.62. The van der Waals surface area contributed by atoms with Crippen molar-refractivity contribution < 1.29 is 12.9 Å². The SMILES string of the molecule is O=S1(=O)CCC(NCc2nc(N3CCCC3)no2)C1. The lowest BCUT2D eigenvalue weighted by Gasteiger charge is -2.10. The number of aromatic nitrogens is 2. The quantitative estimate of drug-likeness (QED) is 0.830. The molecule has 2 aliphatic rings. The Morgan fingerprint density at radius 2 is 2.16 bits per heavy atom. The molecule has 1 N–H and O–H groups in total. The fraction of sp³-hybridized carbons (Fsp3) is 0.818. The van der Waals surface area contributed by atoms with Gasteiger partial charge in [0.2, 0.25) is 5.89 Å². The summed E-state index contributed by atoms with van der Waals surface area (Å²) in [5, 5.41) is 7.12. The molecule has 2 saturated heterocycles. The molecule has 19 heavy (non-hydrogen) atoms. The molecule has 1 aromatic heterocycles. The lowest BCUT2D eigenvalue weighted by molar-refractivity contribution is 0.359. The molecule has 0 amide bonds. The van der Waals surface area contributed by atoms with Gasteiger partial charge < -0.3 is 14.7 Å². The summed E-state index contributed by atoms with van der Waals surface area (Å²) < 4.78 is 27.8. The predicted molar refractivity (Wildman–Crippen MR) is 69.6 cm³/mol. The molecule has 0 saturated carbocycles. The first-order valence-electron chi connectivity index (χ1n) is 6.64. The fourth-order valence-corrected chi connectivity index (χ4v) is 4.26.